The molecule has 1 rings (SSSR count). The molecule has 0 aromatic heterocycles. The Morgan fingerprint density at radius 1 is 0.600 bits per heavy atom. The lowest BCUT2D eigenvalue weighted by Gasteiger charge is -2.10. The van der Waals surface area contributed by atoms with Crippen molar-refractivity contribution in [1.29, 1.82) is 0 Å². The van der Waals surface area contributed by atoms with Gasteiger partial charge in [0.1, 0.15) is 5.78 Å². The Morgan fingerprint density at radius 3 is 1.40 bits per heavy atom. The van der Waals surface area contributed by atoms with Crippen molar-refractivity contribution in [2.45, 2.75) is 110 Å². The molecule has 1 fully saturated rings. The molecule has 1 heteroatoms. The molecular weight excluding hydrogens is 244 g/mol. The van der Waals surface area contributed by atoms with Gasteiger partial charge in [0.2, 0.25) is 0 Å². The number of rotatable bonds is 0. The summed E-state index contributed by atoms with van der Waals surface area (Å²) in [5.41, 5.74) is 0. The second-order valence-electron chi connectivity index (χ2n) is 6.86. The molecule has 0 spiro atoms. The Kier molecular flexibility index (Phi) is 11.0. The zero-order chi connectivity index (χ0) is 14.5. The molecule has 0 heterocycles. The minimum absolute atomic E-state index is 0.314. The van der Waals surface area contributed by atoms with Crippen molar-refractivity contribution in [3.8, 4) is 0 Å². The maximum atomic E-state index is 12.0. The third-order valence-electron chi connectivity index (χ3n) is 4.86. The van der Waals surface area contributed by atoms with Gasteiger partial charge in [-0.15, -0.1) is 0 Å². The number of ketones is 1. The summed E-state index contributed by atoms with van der Waals surface area (Å²) in [6, 6.07) is 0. The Labute approximate surface area is 126 Å². The summed E-state index contributed by atoms with van der Waals surface area (Å²) in [6.07, 6.45) is 21.0. The zero-order valence-corrected chi connectivity index (χ0v) is 13.8. The summed E-state index contributed by atoms with van der Waals surface area (Å²) in [5, 5.41) is 0. The topological polar surface area (TPSA) is 17.1 Å². The van der Waals surface area contributed by atoms with Gasteiger partial charge in [0.25, 0.3) is 0 Å². The molecular formula is C19H36O. The van der Waals surface area contributed by atoms with Crippen LogP contribution in [0, 0.1) is 5.92 Å². The summed E-state index contributed by atoms with van der Waals surface area (Å²) in [6.45, 7) is 2.14. The van der Waals surface area contributed by atoms with Crippen molar-refractivity contribution in [3.63, 3.8) is 0 Å². The fourth-order valence-corrected chi connectivity index (χ4v) is 3.28. The van der Waals surface area contributed by atoms with Crippen molar-refractivity contribution >= 4 is 5.78 Å². The third kappa shape index (κ3) is 9.55. The summed E-state index contributed by atoms with van der Waals surface area (Å²) in [4.78, 5) is 12.0. The van der Waals surface area contributed by atoms with Crippen LogP contribution >= 0.6 is 0 Å². The van der Waals surface area contributed by atoms with E-state index in [2.05, 4.69) is 6.92 Å². The molecule has 0 aromatic rings. The molecule has 1 unspecified atom stereocenters. The van der Waals surface area contributed by atoms with Crippen LogP contribution < -0.4 is 0 Å². The predicted molar refractivity (Wildman–Crippen MR) is 88.0 cm³/mol. The van der Waals surface area contributed by atoms with Gasteiger partial charge in [0.05, 0.1) is 0 Å². The number of hydrogen-bond acceptors (Lipinski definition) is 1. The average molecular weight is 280 g/mol. The van der Waals surface area contributed by atoms with Crippen LogP contribution in [0.1, 0.15) is 110 Å². The first-order chi connectivity index (χ1) is 9.80. The summed E-state index contributed by atoms with van der Waals surface area (Å²) < 4.78 is 0. The van der Waals surface area contributed by atoms with Gasteiger partial charge >= 0.3 is 0 Å². The Bertz CT molecular complexity index is 234. The number of carbonyl (C=O) groups is 1. The lowest BCUT2D eigenvalue weighted by molar-refractivity contribution is -0.122. The molecule has 1 saturated carbocycles. The van der Waals surface area contributed by atoms with E-state index in [0.717, 1.165) is 19.3 Å². The molecule has 118 valence electrons. The van der Waals surface area contributed by atoms with Gasteiger partial charge in [0, 0.05) is 12.3 Å². The molecule has 0 aromatic carbocycles. The molecule has 0 bridgehead atoms. The summed E-state index contributed by atoms with van der Waals surface area (Å²) in [7, 11) is 0. The summed E-state index contributed by atoms with van der Waals surface area (Å²) in [5.74, 6) is 0.833. The quantitative estimate of drug-likeness (QED) is 0.498. The summed E-state index contributed by atoms with van der Waals surface area (Å²) >= 11 is 0. The standard InChI is InChI=1S/C19H36O/c1-18-16-14-12-10-8-6-4-2-3-5-7-9-11-13-15-17-19(18)20/h18H,2-17H2,1H3. The fourth-order valence-electron chi connectivity index (χ4n) is 3.28. The third-order valence-corrected chi connectivity index (χ3v) is 4.86. The lowest BCUT2D eigenvalue weighted by Crippen LogP contribution is -2.10. The smallest absolute Gasteiger partial charge is 0.135 e. The molecule has 1 aliphatic rings. The average Bonchev–Trinajstić information content (AvgIpc) is 2.45. The lowest BCUT2D eigenvalue weighted by atomic mass is 9.94. The second-order valence-corrected chi connectivity index (χ2v) is 6.86. The first-order valence-corrected chi connectivity index (χ1v) is 9.33. The van der Waals surface area contributed by atoms with Crippen molar-refractivity contribution in [2.24, 2.45) is 5.92 Å². The van der Waals surface area contributed by atoms with E-state index in [1.54, 1.807) is 0 Å². The molecule has 0 amide bonds. The van der Waals surface area contributed by atoms with Crippen molar-refractivity contribution in [2.75, 3.05) is 0 Å². The van der Waals surface area contributed by atoms with E-state index in [1.165, 1.54) is 83.5 Å². The van der Waals surface area contributed by atoms with Gasteiger partial charge < -0.3 is 0 Å². The van der Waals surface area contributed by atoms with Crippen molar-refractivity contribution < 1.29 is 4.79 Å². The molecule has 0 radical (unpaired) electrons. The van der Waals surface area contributed by atoms with E-state index in [9.17, 15) is 4.79 Å². The van der Waals surface area contributed by atoms with Gasteiger partial charge in [-0.3, -0.25) is 4.79 Å². The van der Waals surface area contributed by atoms with Gasteiger partial charge in [-0.2, -0.15) is 0 Å². The van der Waals surface area contributed by atoms with E-state index >= 15 is 0 Å². The van der Waals surface area contributed by atoms with Crippen molar-refractivity contribution in [3.05, 3.63) is 0 Å². The maximum absolute atomic E-state index is 12.0. The molecule has 1 atom stereocenters. The van der Waals surface area contributed by atoms with Crippen LogP contribution in [0.15, 0.2) is 0 Å². The second kappa shape index (κ2) is 12.4. The molecule has 20 heavy (non-hydrogen) atoms. The maximum Gasteiger partial charge on any atom is 0.135 e. The normalized spacial score (nSPS) is 26.6. The zero-order valence-electron chi connectivity index (χ0n) is 13.8. The van der Waals surface area contributed by atoms with Crippen LogP contribution in [-0.4, -0.2) is 5.78 Å². The highest BCUT2D eigenvalue weighted by Gasteiger charge is 2.11. The minimum Gasteiger partial charge on any atom is -0.299 e. The number of Topliss-reactive ketones (excluding diaryl/α,β-unsaturated/α-hetero) is 1. The van der Waals surface area contributed by atoms with E-state index in [4.69, 9.17) is 0 Å². The molecule has 0 N–H and O–H groups in total. The number of carbonyl (C=O) groups excluding carboxylic acids is 1. The van der Waals surface area contributed by atoms with Crippen molar-refractivity contribution in [1.82, 2.24) is 0 Å². The van der Waals surface area contributed by atoms with Crippen LogP contribution in [0.4, 0.5) is 0 Å². The van der Waals surface area contributed by atoms with E-state index in [1.807, 2.05) is 0 Å². The first-order valence-electron chi connectivity index (χ1n) is 9.33. The Hall–Kier alpha value is -0.330. The Morgan fingerprint density at radius 2 is 0.950 bits per heavy atom. The van der Waals surface area contributed by atoms with Crippen LogP contribution in [0.5, 0.6) is 0 Å². The molecule has 0 saturated heterocycles. The highest BCUT2D eigenvalue weighted by molar-refractivity contribution is 5.80. The molecule has 1 aliphatic carbocycles. The number of hydrogen-bond donors (Lipinski definition) is 0. The van der Waals surface area contributed by atoms with Crippen LogP contribution in [0.3, 0.4) is 0 Å². The van der Waals surface area contributed by atoms with Gasteiger partial charge in [-0.25, -0.2) is 0 Å². The fraction of sp³-hybridized carbons (Fsp3) is 0.947. The SMILES string of the molecule is CC1CCCCCCCCCCCCCCCCC1=O. The highest BCUT2D eigenvalue weighted by Crippen LogP contribution is 2.18. The Balaban J connectivity index is 2.20. The highest BCUT2D eigenvalue weighted by atomic mass is 16.1. The van der Waals surface area contributed by atoms with Gasteiger partial charge in [-0.05, 0) is 12.8 Å². The van der Waals surface area contributed by atoms with E-state index < -0.39 is 0 Å². The van der Waals surface area contributed by atoms with Gasteiger partial charge in [-0.1, -0.05) is 90.4 Å². The van der Waals surface area contributed by atoms with E-state index in [-0.39, 0.29) is 0 Å². The van der Waals surface area contributed by atoms with E-state index in [0.29, 0.717) is 11.7 Å². The minimum atomic E-state index is 0.314. The molecule has 1 nitrogen and oxygen atoms in total. The van der Waals surface area contributed by atoms with Crippen LogP contribution in [0.25, 0.3) is 0 Å². The first kappa shape index (κ1) is 17.7. The van der Waals surface area contributed by atoms with Crippen LogP contribution in [-0.2, 0) is 4.79 Å². The largest absolute Gasteiger partial charge is 0.299 e. The molecule has 0 aliphatic heterocycles. The predicted octanol–water partition coefficient (Wildman–Crippen LogP) is 6.45. The monoisotopic (exact) mass is 280 g/mol. The van der Waals surface area contributed by atoms with Crippen LogP contribution in [0.2, 0.25) is 0 Å². The van der Waals surface area contributed by atoms with Gasteiger partial charge in [0.15, 0.2) is 0 Å².